The predicted molar refractivity (Wildman–Crippen MR) is 119 cm³/mol. The third-order valence-electron chi connectivity index (χ3n) is 5.01. The summed E-state index contributed by atoms with van der Waals surface area (Å²) in [6, 6.07) is 2.14. The second-order valence-corrected chi connectivity index (χ2v) is 7.99. The van der Waals surface area contributed by atoms with Crippen LogP contribution in [0.1, 0.15) is 32.0 Å². The summed E-state index contributed by atoms with van der Waals surface area (Å²) in [5, 5.41) is 4.12. The summed E-state index contributed by atoms with van der Waals surface area (Å²) in [6.45, 7) is 5.76. The van der Waals surface area contributed by atoms with Crippen LogP contribution >= 0.6 is 0 Å². The van der Waals surface area contributed by atoms with Gasteiger partial charge in [-0.15, -0.1) is 0 Å². The fourth-order valence-corrected chi connectivity index (χ4v) is 3.44. The SMILES string of the molecule is CCn1c(N)c(N(C=O)c2cnn(Cc3ccc(C(F)(F)F)nc3)c2)c(=O)n(CC(C)C)c1=O. The zero-order valence-electron chi connectivity index (χ0n) is 18.8. The van der Waals surface area contributed by atoms with Crippen LogP contribution in [0, 0.1) is 5.92 Å². The Bertz CT molecular complexity index is 1290. The molecule has 2 N–H and O–H groups in total. The lowest BCUT2D eigenvalue weighted by molar-refractivity contribution is -0.141. The number of carbonyl (C=O) groups is 1. The normalized spacial score (nSPS) is 11.7. The van der Waals surface area contributed by atoms with Crippen LogP contribution in [0.5, 0.6) is 0 Å². The number of alkyl halides is 3. The molecule has 0 saturated heterocycles. The van der Waals surface area contributed by atoms with Gasteiger partial charge in [0, 0.05) is 25.5 Å². The van der Waals surface area contributed by atoms with E-state index in [1.54, 1.807) is 6.92 Å². The summed E-state index contributed by atoms with van der Waals surface area (Å²) in [5.74, 6) is -0.179. The van der Waals surface area contributed by atoms with Gasteiger partial charge in [0.05, 0.1) is 18.4 Å². The molecule has 0 aliphatic rings. The van der Waals surface area contributed by atoms with E-state index in [1.165, 1.54) is 27.7 Å². The van der Waals surface area contributed by atoms with Crippen molar-refractivity contribution in [1.29, 1.82) is 0 Å². The molecule has 0 atom stereocenters. The first-order chi connectivity index (χ1) is 16.0. The highest BCUT2D eigenvalue weighted by atomic mass is 19.4. The molecule has 3 aromatic heterocycles. The molecule has 0 unspecified atom stereocenters. The number of anilines is 3. The number of rotatable bonds is 8. The van der Waals surface area contributed by atoms with Gasteiger partial charge >= 0.3 is 11.9 Å². The molecule has 3 rings (SSSR count). The highest BCUT2D eigenvalue weighted by Crippen LogP contribution is 2.28. The van der Waals surface area contributed by atoms with Gasteiger partial charge < -0.3 is 5.73 Å². The summed E-state index contributed by atoms with van der Waals surface area (Å²) in [7, 11) is 0. The molecule has 0 aromatic carbocycles. The standard InChI is InChI=1S/C21H24F3N7O3/c1-4-29-18(25)17(19(33)30(20(29)34)9-13(2)3)31(12-32)15-8-27-28(11-15)10-14-5-6-16(26-7-14)21(22,23)24/h5-8,11-13H,4,9-10,25H2,1-3H3. The van der Waals surface area contributed by atoms with Gasteiger partial charge in [-0.2, -0.15) is 18.3 Å². The van der Waals surface area contributed by atoms with Gasteiger partial charge in [0.25, 0.3) is 5.56 Å². The van der Waals surface area contributed by atoms with E-state index in [4.69, 9.17) is 5.73 Å². The quantitative estimate of drug-likeness (QED) is 0.495. The van der Waals surface area contributed by atoms with Crippen LogP contribution in [0.15, 0.2) is 40.3 Å². The number of nitrogens with two attached hydrogens (primary N) is 1. The van der Waals surface area contributed by atoms with Crippen molar-refractivity contribution < 1.29 is 18.0 Å². The van der Waals surface area contributed by atoms with Crippen molar-refractivity contribution in [3.05, 3.63) is 62.8 Å². The van der Waals surface area contributed by atoms with E-state index in [1.807, 2.05) is 13.8 Å². The highest BCUT2D eigenvalue weighted by molar-refractivity contribution is 5.89. The van der Waals surface area contributed by atoms with Gasteiger partial charge in [-0.25, -0.2) is 4.79 Å². The lowest BCUT2D eigenvalue weighted by Crippen LogP contribution is -2.44. The molecule has 13 heteroatoms. The van der Waals surface area contributed by atoms with Crippen molar-refractivity contribution >= 4 is 23.6 Å². The predicted octanol–water partition coefficient (Wildman–Crippen LogP) is 2.22. The molecular weight excluding hydrogens is 455 g/mol. The van der Waals surface area contributed by atoms with Crippen molar-refractivity contribution in [1.82, 2.24) is 23.9 Å². The molecule has 0 spiro atoms. The summed E-state index contributed by atoms with van der Waals surface area (Å²) >= 11 is 0. The number of carbonyl (C=O) groups excluding carboxylic acids is 1. The first-order valence-corrected chi connectivity index (χ1v) is 10.4. The van der Waals surface area contributed by atoms with Crippen LogP contribution in [-0.2, 0) is 30.6 Å². The first-order valence-electron chi connectivity index (χ1n) is 10.4. The molecule has 0 aliphatic carbocycles. The third kappa shape index (κ3) is 4.87. The van der Waals surface area contributed by atoms with Crippen molar-refractivity contribution in [2.24, 2.45) is 5.92 Å². The zero-order chi connectivity index (χ0) is 25.2. The highest BCUT2D eigenvalue weighted by Gasteiger charge is 2.32. The van der Waals surface area contributed by atoms with E-state index < -0.39 is 23.1 Å². The summed E-state index contributed by atoms with van der Waals surface area (Å²) in [5.41, 5.74) is 4.26. The van der Waals surface area contributed by atoms with Crippen LogP contribution in [0.3, 0.4) is 0 Å². The monoisotopic (exact) mass is 479 g/mol. The Morgan fingerprint density at radius 1 is 1.18 bits per heavy atom. The fraction of sp³-hybridized carbons (Fsp3) is 0.381. The maximum absolute atomic E-state index is 13.1. The zero-order valence-corrected chi connectivity index (χ0v) is 18.8. The second kappa shape index (κ2) is 9.53. The van der Waals surface area contributed by atoms with Crippen molar-refractivity contribution in [3.63, 3.8) is 0 Å². The Balaban J connectivity index is 1.99. The average Bonchev–Trinajstić information content (AvgIpc) is 3.22. The molecule has 0 fully saturated rings. The Hall–Kier alpha value is -3.90. The molecule has 0 aliphatic heterocycles. The van der Waals surface area contributed by atoms with Crippen molar-refractivity contribution in [3.8, 4) is 0 Å². The number of aromatic nitrogens is 5. The summed E-state index contributed by atoms with van der Waals surface area (Å²) in [4.78, 5) is 42.3. The molecule has 1 amide bonds. The van der Waals surface area contributed by atoms with E-state index in [0.29, 0.717) is 12.0 Å². The molecule has 34 heavy (non-hydrogen) atoms. The third-order valence-corrected chi connectivity index (χ3v) is 5.01. The van der Waals surface area contributed by atoms with Gasteiger partial charge in [0.15, 0.2) is 5.69 Å². The number of pyridine rings is 1. The van der Waals surface area contributed by atoms with Crippen LogP contribution in [-0.4, -0.2) is 30.3 Å². The number of hydrogen-bond donors (Lipinski definition) is 1. The van der Waals surface area contributed by atoms with Crippen molar-refractivity contribution in [2.75, 3.05) is 10.6 Å². The molecule has 3 heterocycles. The Labute approximate surface area is 192 Å². The molecule has 182 valence electrons. The first kappa shape index (κ1) is 24.7. The number of nitrogen functional groups attached to an aromatic ring is 1. The summed E-state index contributed by atoms with van der Waals surface area (Å²) in [6.07, 6.45) is -0.336. The van der Waals surface area contributed by atoms with E-state index in [9.17, 15) is 27.6 Å². The Morgan fingerprint density at radius 2 is 1.88 bits per heavy atom. The minimum absolute atomic E-state index is 0.0167. The Morgan fingerprint density at radius 3 is 2.41 bits per heavy atom. The van der Waals surface area contributed by atoms with Gasteiger partial charge in [0.2, 0.25) is 6.41 Å². The van der Waals surface area contributed by atoms with Gasteiger partial charge in [-0.05, 0) is 24.5 Å². The smallest absolute Gasteiger partial charge is 0.383 e. The maximum Gasteiger partial charge on any atom is 0.433 e. The van der Waals surface area contributed by atoms with Gasteiger partial charge in [-0.3, -0.25) is 33.3 Å². The van der Waals surface area contributed by atoms with Crippen LogP contribution < -0.4 is 21.9 Å². The Kier molecular flexibility index (Phi) is 6.93. The molecule has 3 aromatic rings. The van der Waals surface area contributed by atoms with E-state index in [2.05, 4.69) is 10.1 Å². The van der Waals surface area contributed by atoms with Gasteiger partial charge in [-0.1, -0.05) is 19.9 Å². The minimum atomic E-state index is -4.54. The van der Waals surface area contributed by atoms with Crippen LogP contribution in [0.25, 0.3) is 0 Å². The average molecular weight is 479 g/mol. The number of halogens is 3. The maximum atomic E-state index is 13.1. The van der Waals surface area contributed by atoms with Crippen LogP contribution in [0.2, 0.25) is 0 Å². The number of amides is 1. The largest absolute Gasteiger partial charge is 0.433 e. The van der Waals surface area contributed by atoms with E-state index in [-0.39, 0.29) is 42.7 Å². The number of nitrogens with zero attached hydrogens (tertiary/aromatic N) is 6. The second-order valence-electron chi connectivity index (χ2n) is 7.99. The molecule has 0 radical (unpaired) electrons. The number of hydrogen-bond acceptors (Lipinski definition) is 6. The van der Waals surface area contributed by atoms with Gasteiger partial charge in [0.1, 0.15) is 11.5 Å². The van der Waals surface area contributed by atoms with Crippen LogP contribution in [0.4, 0.5) is 30.4 Å². The minimum Gasteiger partial charge on any atom is -0.383 e. The lowest BCUT2D eigenvalue weighted by atomic mass is 10.2. The molecular formula is C21H24F3N7O3. The molecule has 0 saturated carbocycles. The summed E-state index contributed by atoms with van der Waals surface area (Å²) < 4.78 is 41.7. The molecule has 10 nitrogen and oxygen atoms in total. The lowest BCUT2D eigenvalue weighted by Gasteiger charge is -2.21. The van der Waals surface area contributed by atoms with E-state index in [0.717, 1.165) is 21.7 Å². The van der Waals surface area contributed by atoms with E-state index >= 15 is 0 Å². The topological polar surface area (TPSA) is 121 Å². The molecule has 0 bridgehead atoms. The fourth-order valence-electron chi connectivity index (χ4n) is 3.44. The van der Waals surface area contributed by atoms with Crippen molar-refractivity contribution in [2.45, 2.75) is 46.6 Å².